The summed E-state index contributed by atoms with van der Waals surface area (Å²) in [6, 6.07) is 7.42. The number of nitrogens with zero attached hydrogens (tertiary/aromatic N) is 2. The number of unbranched alkanes of at least 4 members (excludes halogenated alkanes) is 3. The molecule has 1 aromatic heterocycles. The van der Waals surface area contributed by atoms with Crippen LogP contribution in [0.5, 0.6) is 5.75 Å². The average molecular weight is 449 g/mol. The smallest absolute Gasteiger partial charge is 0.330 e. The molecule has 1 amide bonds. The van der Waals surface area contributed by atoms with E-state index in [0.717, 1.165) is 42.7 Å². The Morgan fingerprint density at radius 2 is 1.81 bits per heavy atom. The van der Waals surface area contributed by atoms with Crippen LogP contribution in [0.4, 0.5) is 11.5 Å². The first kappa shape index (κ1) is 24.6. The van der Waals surface area contributed by atoms with Gasteiger partial charge < -0.3 is 15.4 Å². The first-order valence-corrected chi connectivity index (χ1v) is 11.6. The number of aromatic nitrogens is 2. The Hall–Kier alpha value is -2.68. The highest BCUT2D eigenvalue weighted by Crippen LogP contribution is 2.24. The van der Waals surface area contributed by atoms with Crippen molar-refractivity contribution in [1.29, 1.82) is 0 Å². The second kappa shape index (κ2) is 12.2. The maximum atomic E-state index is 13.1. The Balaban J connectivity index is 2.30. The van der Waals surface area contributed by atoms with Crippen LogP contribution in [0.1, 0.15) is 46.0 Å². The summed E-state index contributed by atoms with van der Waals surface area (Å²) in [5.41, 5.74) is 5.12. The fraction of sp³-hybridized carbons (Fsp3) is 0.500. The van der Waals surface area contributed by atoms with Gasteiger partial charge >= 0.3 is 5.69 Å². The highest BCUT2D eigenvalue weighted by Gasteiger charge is 2.24. The summed E-state index contributed by atoms with van der Waals surface area (Å²) >= 11 is 1.37. The molecule has 0 aliphatic carbocycles. The van der Waals surface area contributed by atoms with Crippen LogP contribution in [-0.4, -0.2) is 34.9 Å². The zero-order valence-electron chi connectivity index (χ0n) is 18.5. The summed E-state index contributed by atoms with van der Waals surface area (Å²) in [6.45, 7) is 4.83. The Morgan fingerprint density at radius 1 is 1.13 bits per heavy atom. The van der Waals surface area contributed by atoms with Gasteiger partial charge in [0.2, 0.25) is 5.91 Å². The van der Waals surface area contributed by atoms with Gasteiger partial charge in [0.15, 0.2) is 5.69 Å². The van der Waals surface area contributed by atoms with E-state index in [2.05, 4.69) is 11.9 Å². The zero-order valence-corrected chi connectivity index (χ0v) is 19.3. The summed E-state index contributed by atoms with van der Waals surface area (Å²) < 4.78 is 6.50. The van der Waals surface area contributed by atoms with Gasteiger partial charge in [-0.05, 0) is 37.1 Å². The predicted octanol–water partition coefficient (Wildman–Crippen LogP) is 3.24. The summed E-state index contributed by atoms with van der Waals surface area (Å²) in [7, 11) is 1.60. The summed E-state index contributed by atoms with van der Waals surface area (Å²) in [5, 5.41) is 0. The number of anilines is 2. The van der Waals surface area contributed by atoms with Crippen LogP contribution in [0.15, 0.2) is 38.8 Å². The van der Waals surface area contributed by atoms with Crippen LogP contribution in [0.3, 0.4) is 0 Å². The summed E-state index contributed by atoms with van der Waals surface area (Å²) in [5.74, 6) is 0.702. The van der Waals surface area contributed by atoms with Crippen LogP contribution in [0, 0.1) is 0 Å². The van der Waals surface area contributed by atoms with E-state index in [9.17, 15) is 14.4 Å². The molecule has 0 saturated heterocycles. The van der Waals surface area contributed by atoms with Crippen molar-refractivity contribution >= 4 is 29.2 Å². The van der Waals surface area contributed by atoms with Crippen LogP contribution in [-0.2, 0) is 11.3 Å². The monoisotopic (exact) mass is 448 g/mol. The Morgan fingerprint density at radius 3 is 2.42 bits per heavy atom. The average Bonchev–Trinajstić information content (AvgIpc) is 2.76. The molecule has 0 aliphatic rings. The molecule has 170 valence electrons. The molecular weight excluding hydrogens is 416 g/mol. The molecule has 0 atom stereocenters. The van der Waals surface area contributed by atoms with Crippen LogP contribution < -0.4 is 26.6 Å². The van der Waals surface area contributed by atoms with Crippen molar-refractivity contribution in [2.45, 2.75) is 57.4 Å². The number of thioether (sulfide) groups is 1. The van der Waals surface area contributed by atoms with Gasteiger partial charge in [-0.15, -0.1) is 11.8 Å². The molecule has 0 unspecified atom stereocenters. The molecule has 0 saturated carbocycles. The fourth-order valence-corrected chi connectivity index (χ4v) is 3.93. The minimum atomic E-state index is -0.630. The molecule has 0 fully saturated rings. The molecule has 9 heteroatoms. The third kappa shape index (κ3) is 6.65. The number of ether oxygens (including phenoxy) is 1. The third-order valence-electron chi connectivity index (χ3n) is 4.93. The van der Waals surface area contributed by atoms with Gasteiger partial charge in [-0.1, -0.05) is 33.1 Å². The predicted molar refractivity (Wildman–Crippen MR) is 126 cm³/mol. The highest BCUT2D eigenvalue weighted by molar-refractivity contribution is 8.00. The molecule has 2 aromatic rings. The minimum Gasteiger partial charge on any atom is -0.497 e. The molecule has 2 rings (SSSR count). The number of nitrogen functional groups attached to an aromatic ring is 1. The van der Waals surface area contributed by atoms with Gasteiger partial charge in [-0.25, -0.2) is 4.79 Å². The lowest BCUT2D eigenvalue weighted by atomic mass is 10.2. The number of methoxy groups -OCH3 is 1. The Labute approximate surface area is 186 Å². The summed E-state index contributed by atoms with van der Waals surface area (Å²) in [6.07, 6.45) is 4.25. The maximum absolute atomic E-state index is 13.1. The number of H-pyrrole nitrogens is 1. The highest BCUT2D eigenvalue weighted by atomic mass is 32.2. The van der Waals surface area contributed by atoms with Crippen molar-refractivity contribution in [3.8, 4) is 5.75 Å². The SMILES string of the molecule is CCCCCN(C(=O)CSc1ccc(OC)cc1)c1c(N)n(CCCC)c(=O)[nH]c1=O. The van der Waals surface area contributed by atoms with E-state index in [-0.39, 0.29) is 23.2 Å². The quantitative estimate of drug-likeness (QED) is 0.381. The summed E-state index contributed by atoms with van der Waals surface area (Å²) in [4.78, 5) is 42.7. The first-order valence-electron chi connectivity index (χ1n) is 10.6. The van der Waals surface area contributed by atoms with Gasteiger partial charge in [0.1, 0.15) is 11.6 Å². The Bertz CT molecular complexity index is 969. The molecule has 3 N–H and O–H groups in total. The van der Waals surface area contributed by atoms with Gasteiger partial charge in [0.05, 0.1) is 12.9 Å². The van der Waals surface area contributed by atoms with Gasteiger partial charge in [-0.3, -0.25) is 19.1 Å². The normalized spacial score (nSPS) is 10.8. The van der Waals surface area contributed by atoms with E-state index >= 15 is 0 Å². The molecular formula is C22H32N4O4S. The number of hydrogen-bond donors (Lipinski definition) is 2. The number of nitrogens with one attached hydrogen (secondary N) is 1. The van der Waals surface area contributed by atoms with Crippen molar-refractivity contribution in [3.05, 3.63) is 45.1 Å². The molecule has 0 radical (unpaired) electrons. The lowest BCUT2D eigenvalue weighted by molar-refractivity contribution is -0.116. The minimum absolute atomic E-state index is 0.0431. The largest absolute Gasteiger partial charge is 0.497 e. The molecule has 0 aliphatic heterocycles. The van der Waals surface area contributed by atoms with Gasteiger partial charge in [-0.2, -0.15) is 0 Å². The molecule has 8 nitrogen and oxygen atoms in total. The van der Waals surface area contributed by atoms with E-state index < -0.39 is 11.2 Å². The molecule has 0 spiro atoms. The van der Waals surface area contributed by atoms with Crippen molar-refractivity contribution in [2.24, 2.45) is 0 Å². The third-order valence-corrected chi connectivity index (χ3v) is 5.92. The lowest BCUT2D eigenvalue weighted by Crippen LogP contribution is -2.42. The second-order valence-electron chi connectivity index (χ2n) is 7.22. The standard InChI is InChI=1S/C22H32N4O4S/c1-4-6-8-14-25(18(27)15-31-17-11-9-16(30-3)10-12-17)19-20(23)26(13-7-5-2)22(29)24-21(19)28/h9-12H,4-8,13-15,23H2,1-3H3,(H,24,28,29). The van der Waals surface area contributed by atoms with E-state index in [4.69, 9.17) is 10.5 Å². The molecule has 1 aromatic carbocycles. The number of nitrogens with two attached hydrogens (primary N) is 1. The Kier molecular flexibility index (Phi) is 9.71. The van der Waals surface area contributed by atoms with Crippen molar-refractivity contribution in [1.82, 2.24) is 9.55 Å². The topological polar surface area (TPSA) is 110 Å². The number of hydrogen-bond acceptors (Lipinski definition) is 6. The van der Waals surface area contributed by atoms with E-state index in [0.29, 0.717) is 13.1 Å². The second-order valence-corrected chi connectivity index (χ2v) is 8.26. The van der Waals surface area contributed by atoms with E-state index in [1.165, 1.54) is 21.2 Å². The van der Waals surface area contributed by atoms with Crippen molar-refractivity contribution in [3.63, 3.8) is 0 Å². The van der Waals surface area contributed by atoms with Crippen LogP contribution >= 0.6 is 11.8 Å². The number of amides is 1. The number of aromatic amines is 1. The molecule has 31 heavy (non-hydrogen) atoms. The molecule has 1 heterocycles. The fourth-order valence-electron chi connectivity index (χ4n) is 3.15. The van der Waals surface area contributed by atoms with E-state index in [1.54, 1.807) is 7.11 Å². The van der Waals surface area contributed by atoms with Crippen molar-refractivity contribution in [2.75, 3.05) is 30.0 Å². The first-order chi connectivity index (χ1) is 14.9. The molecule has 0 bridgehead atoms. The number of carbonyl (C=O) groups is 1. The van der Waals surface area contributed by atoms with Gasteiger partial charge in [0, 0.05) is 18.0 Å². The lowest BCUT2D eigenvalue weighted by Gasteiger charge is -2.24. The van der Waals surface area contributed by atoms with Gasteiger partial charge in [0.25, 0.3) is 5.56 Å². The number of carbonyl (C=O) groups excluding carboxylic acids is 1. The van der Waals surface area contributed by atoms with Crippen LogP contribution in [0.25, 0.3) is 0 Å². The number of benzene rings is 1. The van der Waals surface area contributed by atoms with Crippen molar-refractivity contribution < 1.29 is 9.53 Å². The van der Waals surface area contributed by atoms with E-state index in [1.807, 2.05) is 31.2 Å². The number of rotatable bonds is 12. The zero-order chi connectivity index (χ0) is 22.8. The maximum Gasteiger partial charge on any atom is 0.330 e. The van der Waals surface area contributed by atoms with Crippen LogP contribution in [0.2, 0.25) is 0 Å².